The van der Waals surface area contributed by atoms with Crippen molar-refractivity contribution in [3.8, 4) is 0 Å². The number of nitrogens with zero attached hydrogens (tertiary/aromatic N) is 1. The Hall–Kier alpha value is -2.06. The van der Waals surface area contributed by atoms with Gasteiger partial charge >= 0.3 is 0 Å². The lowest BCUT2D eigenvalue weighted by Gasteiger charge is -2.25. The Balaban J connectivity index is 1.92. The van der Waals surface area contributed by atoms with Crippen LogP contribution in [0.4, 0.5) is 5.69 Å². The smallest absolute Gasteiger partial charge is 0.251 e. The van der Waals surface area contributed by atoms with Crippen LogP contribution in [0.5, 0.6) is 0 Å². The molecule has 0 saturated carbocycles. The summed E-state index contributed by atoms with van der Waals surface area (Å²) in [5.74, 6) is 0.109. The van der Waals surface area contributed by atoms with Crippen LogP contribution in [0.15, 0.2) is 47.4 Å². The summed E-state index contributed by atoms with van der Waals surface area (Å²) in [6, 6.07) is 12.1. The number of methoxy groups -OCH3 is 1. The topological polar surface area (TPSA) is 84.7 Å². The van der Waals surface area contributed by atoms with Crippen molar-refractivity contribution >= 4 is 40.9 Å². The Bertz CT molecular complexity index is 860. The van der Waals surface area contributed by atoms with Gasteiger partial charge in [0.2, 0.25) is 5.91 Å². The molecule has 0 fully saturated rings. The SMILES string of the molecule is COCCNC(=O)c1ccc2c(c1)N(Cc1ccc(Cl)cc1)C(=O)[C@@H](N)CS2. The number of carbonyl (C=O) groups is 2. The normalized spacial score (nSPS) is 16.5. The standard InChI is InChI=1S/C20H22ClN3O3S/c1-27-9-8-23-19(25)14-4-7-18-17(10-14)24(20(26)16(22)12-28-18)11-13-2-5-15(21)6-3-13/h2-7,10,16H,8-9,11-12,22H2,1H3,(H,23,25)/t16-/m0/s1. The molecule has 8 heteroatoms. The van der Waals surface area contributed by atoms with Crippen molar-refractivity contribution in [1.82, 2.24) is 5.32 Å². The van der Waals surface area contributed by atoms with Crippen molar-refractivity contribution < 1.29 is 14.3 Å². The van der Waals surface area contributed by atoms with Crippen LogP contribution in [-0.2, 0) is 16.1 Å². The number of hydrogen-bond acceptors (Lipinski definition) is 5. The predicted octanol–water partition coefficient (Wildman–Crippen LogP) is 2.68. The monoisotopic (exact) mass is 419 g/mol. The molecule has 3 N–H and O–H groups in total. The van der Waals surface area contributed by atoms with Gasteiger partial charge in [-0.25, -0.2) is 0 Å². The molecule has 1 heterocycles. The zero-order chi connectivity index (χ0) is 20.1. The van der Waals surface area contributed by atoms with Crippen LogP contribution in [0.3, 0.4) is 0 Å². The fourth-order valence-electron chi connectivity index (χ4n) is 2.87. The molecule has 2 amide bonds. The van der Waals surface area contributed by atoms with Gasteiger partial charge in [-0.05, 0) is 35.9 Å². The molecule has 2 aromatic carbocycles. The minimum Gasteiger partial charge on any atom is -0.383 e. The fraction of sp³-hybridized carbons (Fsp3) is 0.300. The van der Waals surface area contributed by atoms with Crippen molar-refractivity contribution in [2.45, 2.75) is 17.5 Å². The molecule has 2 aromatic rings. The molecule has 0 saturated heterocycles. The van der Waals surface area contributed by atoms with E-state index < -0.39 is 6.04 Å². The molecular weight excluding hydrogens is 398 g/mol. The molecule has 148 valence electrons. The molecule has 1 atom stereocenters. The van der Waals surface area contributed by atoms with E-state index in [0.717, 1.165) is 10.5 Å². The predicted molar refractivity (Wildman–Crippen MR) is 112 cm³/mol. The Kier molecular flexibility index (Phi) is 6.96. The Morgan fingerprint density at radius 3 is 2.79 bits per heavy atom. The van der Waals surface area contributed by atoms with Crippen molar-refractivity contribution in [3.63, 3.8) is 0 Å². The van der Waals surface area contributed by atoms with Crippen LogP contribution in [0.25, 0.3) is 0 Å². The summed E-state index contributed by atoms with van der Waals surface area (Å²) in [6.45, 7) is 1.20. The molecule has 0 unspecified atom stereocenters. The number of rotatable bonds is 6. The first kappa shape index (κ1) is 20.7. The van der Waals surface area contributed by atoms with Gasteiger partial charge in [-0.1, -0.05) is 23.7 Å². The lowest BCUT2D eigenvalue weighted by molar-refractivity contribution is -0.119. The van der Waals surface area contributed by atoms with Gasteiger partial charge in [0, 0.05) is 34.9 Å². The highest BCUT2D eigenvalue weighted by atomic mass is 35.5. The molecule has 0 bridgehead atoms. The number of amides is 2. The van der Waals surface area contributed by atoms with E-state index in [1.807, 2.05) is 18.2 Å². The molecule has 0 radical (unpaired) electrons. The average Bonchev–Trinajstić information content (AvgIpc) is 2.81. The second-order valence-corrected chi connectivity index (χ2v) is 7.90. The van der Waals surface area contributed by atoms with E-state index in [0.29, 0.717) is 41.7 Å². The molecule has 6 nitrogen and oxygen atoms in total. The van der Waals surface area contributed by atoms with E-state index in [1.165, 1.54) is 11.8 Å². The number of hydrogen-bond donors (Lipinski definition) is 2. The van der Waals surface area contributed by atoms with E-state index >= 15 is 0 Å². The first-order valence-corrected chi connectivity index (χ1v) is 10.2. The maximum Gasteiger partial charge on any atom is 0.251 e. The Morgan fingerprint density at radius 1 is 1.32 bits per heavy atom. The molecule has 1 aliphatic rings. The van der Waals surface area contributed by atoms with E-state index in [4.69, 9.17) is 22.1 Å². The van der Waals surface area contributed by atoms with E-state index in [9.17, 15) is 9.59 Å². The first-order valence-electron chi connectivity index (χ1n) is 8.85. The second kappa shape index (κ2) is 9.43. The van der Waals surface area contributed by atoms with Gasteiger partial charge in [-0.15, -0.1) is 11.8 Å². The molecule has 3 rings (SSSR count). The number of thioether (sulfide) groups is 1. The van der Waals surface area contributed by atoms with E-state index in [-0.39, 0.29) is 11.8 Å². The largest absolute Gasteiger partial charge is 0.383 e. The summed E-state index contributed by atoms with van der Waals surface area (Å²) in [7, 11) is 1.58. The molecular formula is C20H22ClN3O3S. The van der Waals surface area contributed by atoms with Gasteiger partial charge in [-0.2, -0.15) is 0 Å². The third-order valence-corrected chi connectivity index (χ3v) is 5.79. The highest BCUT2D eigenvalue weighted by Crippen LogP contribution is 2.36. The van der Waals surface area contributed by atoms with Gasteiger partial charge in [0.1, 0.15) is 0 Å². The second-order valence-electron chi connectivity index (χ2n) is 6.40. The van der Waals surface area contributed by atoms with Crippen molar-refractivity contribution in [2.24, 2.45) is 5.73 Å². The highest BCUT2D eigenvalue weighted by molar-refractivity contribution is 7.99. The third-order valence-electron chi connectivity index (χ3n) is 4.36. The number of anilines is 1. The molecule has 0 aromatic heterocycles. The van der Waals surface area contributed by atoms with Crippen LogP contribution < -0.4 is 16.0 Å². The van der Waals surface area contributed by atoms with E-state index in [1.54, 1.807) is 36.3 Å². The highest BCUT2D eigenvalue weighted by Gasteiger charge is 2.29. The van der Waals surface area contributed by atoms with Crippen molar-refractivity contribution in [1.29, 1.82) is 0 Å². The summed E-state index contributed by atoms with van der Waals surface area (Å²) in [4.78, 5) is 27.9. The maximum absolute atomic E-state index is 12.9. The quantitative estimate of drug-likeness (QED) is 0.703. The lowest BCUT2D eigenvalue weighted by Crippen LogP contribution is -2.44. The van der Waals surface area contributed by atoms with Crippen LogP contribution >= 0.6 is 23.4 Å². The maximum atomic E-state index is 12.9. The fourth-order valence-corrected chi connectivity index (χ4v) is 3.97. The minimum absolute atomic E-state index is 0.168. The number of ether oxygens (including phenoxy) is 1. The summed E-state index contributed by atoms with van der Waals surface area (Å²) >= 11 is 7.48. The number of carbonyl (C=O) groups excluding carboxylic acids is 2. The van der Waals surface area contributed by atoms with Gasteiger partial charge < -0.3 is 20.7 Å². The third kappa shape index (κ3) is 4.86. The molecule has 28 heavy (non-hydrogen) atoms. The molecule has 1 aliphatic heterocycles. The number of nitrogens with two attached hydrogens (primary N) is 1. The zero-order valence-corrected chi connectivity index (χ0v) is 17.1. The van der Waals surface area contributed by atoms with Gasteiger partial charge in [0.25, 0.3) is 5.91 Å². The first-order chi connectivity index (χ1) is 13.5. The number of fused-ring (bicyclic) bond motifs is 1. The Labute approximate surface area is 173 Å². The van der Waals surface area contributed by atoms with Crippen LogP contribution in [-0.4, -0.2) is 43.9 Å². The number of nitrogens with one attached hydrogen (secondary N) is 1. The number of halogens is 1. The van der Waals surface area contributed by atoms with Crippen molar-refractivity contribution in [3.05, 3.63) is 58.6 Å². The Morgan fingerprint density at radius 2 is 2.07 bits per heavy atom. The van der Waals surface area contributed by atoms with Crippen LogP contribution in [0.1, 0.15) is 15.9 Å². The van der Waals surface area contributed by atoms with E-state index in [2.05, 4.69) is 5.32 Å². The molecule has 0 aliphatic carbocycles. The van der Waals surface area contributed by atoms with Gasteiger partial charge in [0.15, 0.2) is 0 Å². The summed E-state index contributed by atoms with van der Waals surface area (Å²) in [5.41, 5.74) is 8.18. The van der Waals surface area contributed by atoms with Crippen LogP contribution in [0, 0.1) is 0 Å². The lowest BCUT2D eigenvalue weighted by atomic mass is 10.1. The summed E-state index contributed by atoms with van der Waals surface area (Å²) in [5, 5.41) is 3.43. The van der Waals surface area contributed by atoms with Crippen molar-refractivity contribution in [2.75, 3.05) is 30.9 Å². The average molecular weight is 420 g/mol. The molecule has 0 spiro atoms. The van der Waals surface area contributed by atoms with Crippen LogP contribution in [0.2, 0.25) is 5.02 Å². The zero-order valence-electron chi connectivity index (χ0n) is 15.5. The minimum atomic E-state index is -0.608. The summed E-state index contributed by atoms with van der Waals surface area (Å²) in [6.07, 6.45) is 0. The number of benzene rings is 2. The van der Waals surface area contributed by atoms with Gasteiger partial charge in [0.05, 0.1) is 24.9 Å². The van der Waals surface area contributed by atoms with Gasteiger partial charge in [-0.3, -0.25) is 9.59 Å². The summed E-state index contributed by atoms with van der Waals surface area (Å²) < 4.78 is 4.96.